The van der Waals surface area contributed by atoms with Crippen LogP contribution in [0.25, 0.3) is 0 Å². The van der Waals surface area contributed by atoms with Crippen LogP contribution in [0.3, 0.4) is 0 Å². The van der Waals surface area contributed by atoms with Gasteiger partial charge in [-0.05, 0) is 68.0 Å². The molecule has 4 nitrogen and oxygen atoms in total. The fourth-order valence-electron chi connectivity index (χ4n) is 4.07. The Morgan fingerprint density at radius 1 is 1.38 bits per heavy atom. The van der Waals surface area contributed by atoms with Crippen LogP contribution in [0.15, 0.2) is 0 Å². The minimum absolute atomic E-state index is 0.0207. The van der Waals surface area contributed by atoms with Gasteiger partial charge in [-0.25, -0.2) is 4.39 Å². The van der Waals surface area contributed by atoms with Gasteiger partial charge in [-0.15, -0.1) is 0 Å². The lowest BCUT2D eigenvalue weighted by molar-refractivity contribution is -0.137. The molecule has 1 aliphatic carbocycles. The highest BCUT2D eigenvalue weighted by atomic mass is 127. The molecule has 1 unspecified atom stereocenters. The van der Waals surface area contributed by atoms with E-state index in [0.717, 1.165) is 25.7 Å². The zero-order chi connectivity index (χ0) is 20.0. The van der Waals surface area contributed by atoms with Gasteiger partial charge in [0.25, 0.3) is 0 Å². The predicted molar refractivity (Wildman–Crippen MR) is 112 cm³/mol. The highest BCUT2D eigenvalue weighted by Crippen LogP contribution is 2.49. The Hall–Kier alpha value is 0.115. The summed E-state index contributed by atoms with van der Waals surface area (Å²) >= 11 is 1.92. The van der Waals surface area contributed by atoms with Gasteiger partial charge < -0.3 is 14.7 Å². The maximum Gasteiger partial charge on any atom is 0.225 e. The van der Waals surface area contributed by atoms with Gasteiger partial charge in [-0.1, -0.05) is 19.2 Å². The molecule has 0 aliphatic heterocycles. The lowest BCUT2D eigenvalue weighted by Gasteiger charge is -2.28. The van der Waals surface area contributed by atoms with Gasteiger partial charge in [0.1, 0.15) is 0 Å². The number of nitrogens with zero attached hydrogens (tertiary/aromatic N) is 1. The number of hydrogen-bond donors (Lipinski definition) is 1. The van der Waals surface area contributed by atoms with E-state index in [-0.39, 0.29) is 31.5 Å². The van der Waals surface area contributed by atoms with Crippen molar-refractivity contribution < 1.29 is 19.0 Å². The Kier molecular flexibility index (Phi) is 9.85. The first kappa shape index (κ1) is 24.2. The number of ether oxygens (including phenoxy) is 1. The summed E-state index contributed by atoms with van der Waals surface area (Å²) < 4.78 is 18.9. The van der Waals surface area contributed by atoms with E-state index < -0.39 is 9.28 Å². The zero-order valence-electron chi connectivity index (χ0n) is 16.6. The van der Waals surface area contributed by atoms with E-state index in [1.807, 2.05) is 43.5 Å². The summed E-state index contributed by atoms with van der Waals surface area (Å²) in [6.07, 6.45) is 4.55. The van der Waals surface area contributed by atoms with Crippen LogP contribution < -0.4 is 0 Å². The molecule has 150 valence electrons. The van der Waals surface area contributed by atoms with Gasteiger partial charge in [-0.3, -0.25) is 4.79 Å². The molecular formula is C19H34BFINO3. The van der Waals surface area contributed by atoms with E-state index in [1.54, 1.807) is 11.8 Å². The molecule has 0 aromatic rings. The molecule has 0 spiro atoms. The zero-order valence-corrected chi connectivity index (χ0v) is 18.8. The first-order valence-corrected chi connectivity index (χ1v) is 10.6. The molecule has 1 saturated carbocycles. The average Bonchev–Trinajstić information content (AvgIpc) is 2.93. The fourth-order valence-corrected chi connectivity index (χ4v) is 4.83. The first-order chi connectivity index (χ1) is 12.0. The van der Waals surface area contributed by atoms with Crippen molar-refractivity contribution in [3.63, 3.8) is 0 Å². The molecule has 1 aliphatic rings. The minimum atomic E-state index is -1.23. The molecular weight excluding hydrogens is 447 g/mol. The van der Waals surface area contributed by atoms with Crippen molar-refractivity contribution in [2.24, 2.45) is 17.8 Å². The Morgan fingerprint density at radius 2 is 2.04 bits per heavy atom. The number of rotatable bonds is 11. The SMILES string of the molecule is [B]CCC[C@H]1C[C@@H](CN(C)C(=O)CC(C)(C)OCCO)C[C@H]1C(C)(F)I. The van der Waals surface area contributed by atoms with Crippen LogP contribution in [-0.2, 0) is 9.53 Å². The smallest absolute Gasteiger partial charge is 0.225 e. The summed E-state index contributed by atoms with van der Waals surface area (Å²) in [6, 6.07) is 0. The highest BCUT2D eigenvalue weighted by Gasteiger charge is 2.44. The molecule has 7 heteroatoms. The number of halogens is 2. The molecule has 26 heavy (non-hydrogen) atoms. The Morgan fingerprint density at radius 3 is 2.58 bits per heavy atom. The van der Waals surface area contributed by atoms with Crippen molar-refractivity contribution in [2.45, 2.75) is 68.5 Å². The molecule has 2 radical (unpaired) electrons. The van der Waals surface area contributed by atoms with Gasteiger partial charge in [0.05, 0.1) is 33.1 Å². The van der Waals surface area contributed by atoms with E-state index in [4.69, 9.17) is 17.7 Å². The van der Waals surface area contributed by atoms with Crippen molar-refractivity contribution in [2.75, 3.05) is 26.8 Å². The van der Waals surface area contributed by atoms with E-state index in [2.05, 4.69) is 0 Å². The van der Waals surface area contributed by atoms with E-state index >= 15 is 0 Å². The molecule has 0 aromatic heterocycles. The summed E-state index contributed by atoms with van der Waals surface area (Å²) in [6.45, 7) is 6.19. The topological polar surface area (TPSA) is 49.8 Å². The van der Waals surface area contributed by atoms with E-state index in [9.17, 15) is 9.18 Å². The molecule has 0 heterocycles. The number of carbonyl (C=O) groups is 1. The third-order valence-corrected chi connectivity index (χ3v) is 6.14. The van der Waals surface area contributed by atoms with E-state index in [0.29, 0.717) is 24.7 Å². The third-order valence-electron chi connectivity index (χ3n) is 5.34. The number of amides is 1. The Bertz CT molecular complexity index is 445. The summed E-state index contributed by atoms with van der Waals surface area (Å²) in [7, 11) is 7.44. The largest absolute Gasteiger partial charge is 0.394 e. The van der Waals surface area contributed by atoms with Crippen molar-refractivity contribution in [1.29, 1.82) is 0 Å². The standard InChI is InChI=1S/C19H34BFINO3/c1-18(2,26-9-8-24)12-17(25)23(4)13-14-10-15(6-5-7-20)16(11-14)19(3,21)22/h14-16,24H,5-13H2,1-4H3/t14-,15+,16-,19?/m1/s1. The molecule has 0 saturated heterocycles. The van der Waals surface area contributed by atoms with Crippen LogP contribution in [-0.4, -0.2) is 59.8 Å². The third kappa shape index (κ3) is 8.01. The van der Waals surface area contributed by atoms with Gasteiger partial charge in [0.2, 0.25) is 5.91 Å². The summed E-state index contributed by atoms with van der Waals surface area (Å²) in [5.41, 5.74) is -0.602. The van der Waals surface area contributed by atoms with Crippen LogP contribution in [0, 0.1) is 17.8 Å². The maximum absolute atomic E-state index is 14.6. The monoisotopic (exact) mass is 481 g/mol. The maximum atomic E-state index is 14.6. The van der Waals surface area contributed by atoms with Gasteiger partial charge in [0.15, 0.2) is 3.68 Å². The first-order valence-electron chi connectivity index (χ1n) is 9.57. The number of carbonyl (C=O) groups excluding carboxylic acids is 1. The van der Waals surface area contributed by atoms with Crippen LogP contribution in [0.5, 0.6) is 0 Å². The van der Waals surface area contributed by atoms with Crippen LogP contribution in [0.4, 0.5) is 4.39 Å². The highest BCUT2D eigenvalue weighted by molar-refractivity contribution is 14.1. The second-order valence-electron chi connectivity index (χ2n) is 8.37. The lowest BCUT2D eigenvalue weighted by atomic mass is 9.86. The van der Waals surface area contributed by atoms with E-state index in [1.165, 1.54) is 0 Å². The quantitative estimate of drug-likeness (QED) is 0.278. The predicted octanol–water partition coefficient (Wildman–Crippen LogP) is 3.75. The van der Waals surface area contributed by atoms with Crippen molar-refractivity contribution >= 4 is 36.3 Å². The Balaban J connectivity index is 2.60. The number of aliphatic hydroxyl groups excluding tert-OH is 1. The van der Waals surface area contributed by atoms with Crippen LogP contribution >= 0.6 is 22.6 Å². The average molecular weight is 481 g/mol. The summed E-state index contributed by atoms with van der Waals surface area (Å²) in [5, 5.41) is 8.88. The molecule has 1 N–H and O–H groups in total. The fraction of sp³-hybridized carbons (Fsp3) is 0.947. The number of aliphatic hydroxyl groups is 1. The molecule has 1 fully saturated rings. The number of hydrogen-bond acceptors (Lipinski definition) is 3. The van der Waals surface area contributed by atoms with Gasteiger partial charge in [-0.2, -0.15) is 0 Å². The molecule has 0 bridgehead atoms. The van der Waals surface area contributed by atoms with Gasteiger partial charge >= 0.3 is 0 Å². The van der Waals surface area contributed by atoms with Gasteiger partial charge in [0, 0.05) is 19.5 Å². The lowest BCUT2D eigenvalue weighted by Crippen LogP contribution is -2.38. The van der Waals surface area contributed by atoms with Crippen molar-refractivity contribution in [3.05, 3.63) is 0 Å². The number of alkyl halides is 2. The second kappa shape index (κ2) is 10.6. The molecule has 4 atom stereocenters. The normalized spacial score (nSPS) is 25.9. The minimum Gasteiger partial charge on any atom is -0.394 e. The summed E-state index contributed by atoms with van der Waals surface area (Å²) in [5.74, 6) is 0.700. The summed E-state index contributed by atoms with van der Waals surface area (Å²) in [4.78, 5) is 14.3. The van der Waals surface area contributed by atoms with Crippen molar-refractivity contribution in [1.82, 2.24) is 4.90 Å². The molecule has 1 amide bonds. The van der Waals surface area contributed by atoms with Crippen LogP contribution in [0.1, 0.15) is 52.9 Å². The molecule has 0 aromatic carbocycles. The van der Waals surface area contributed by atoms with Crippen molar-refractivity contribution in [3.8, 4) is 0 Å². The second-order valence-corrected chi connectivity index (χ2v) is 10.5. The Labute approximate surface area is 173 Å². The van der Waals surface area contributed by atoms with Crippen LogP contribution in [0.2, 0.25) is 6.32 Å². The molecule has 1 rings (SSSR count).